The lowest BCUT2D eigenvalue weighted by Crippen LogP contribution is -2.54. The highest BCUT2D eigenvalue weighted by molar-refractivity contribution is 7.99. The van der Waals surface area contributed by atoms with Gasteiger partial charge in [-0.1, -0.05) is 0 Å². The minimum atomic E-state index is -0.309. The van der Waals surface area contributed by atoms with Gasteiger partial charge in [0, 0.05) is 38.0 Å². The van der Waals surface area contributed by atoms with Crippen LogP contribution in [0.3, 0.4) is 0 Å². The molecule has 0 aliphatic carbocycles. The van der Waals surface area contributed by atoms with Gasteiger partial charge < -0.3 is 19.7 Å². The van der Waals surface area contributed by atoms with Gasteiger partial charge in [0.05, 0.1) is 12.7 Å². The number of hydrogen-bond acceptors (Lipinski definition) is 5. The van der Waals surface area contributed by atoms with Crippen LogP contribution in [-0.2, 0) is 14.3 Å². The molecule has 114 valence electrons. The zero-order valence-corrected chi connectivity index (χ0v) is 12.7. The molecule has 1 amide bonds. The van der Waals surface area contributed by atoms with Crippen LogP contribution in [0.2, 0.25) is 0 Å². The zero-order valence-electron chi connectivity index (χ0n) is 11.9. The molecule has 6 heteroatoms. The van der Waals surface area contributed by atoms with Crippen LogP contribution >= 0.6 is 11.8 Å². The lowest BCUT2D eigenvalue weighted by molar-refractivity contribution is -0.148. The van der Waals surface area contributed by atoms with Crippen molar-refractivity contribution < 1.29 is 14.3 Å². The number of amides is 1. The van der Waals surface area contributed by atoms with Crippen molar-refractivity contribution in [3.63, 3.8) is 0 Å². The summed E-state index contributed by atoms with van der Waals surface area (Å²) in [6.45, 7) is 3.69. The fraction of sp³-hybridized carbons (Fsp3) is 0.929. The smallest absolute Gasteiger partial charge is 0.253 e. The summed E-state index contributed by atoms with van der Waals surface area (Å²) in [7, 11) is 0. The van der Waals surface area contributed by atoms with Crippen molar-refractivity contribution in [2.45, 2.75) is 37.5 Å². The van der Waals surface area contributed by atoms with Gasteiger partial charge in [0.2, 0.25) is 0 Å². The van der Waals surface area contributed by atoms with Crippen LogP contribution < -0.4 is 5.32 Å². The summed E-state index contributed by atoms with van der Waals surface area (Å²) in [6, 6.07) is 0.363. The number of ether oxygens (including phenoxy) is 2. The maximum absolute atomic E-state index is 12.8. The van der Waals surface area contributed by atoms with Gasteiger partial charge in [-0.05, 0) is 25.0 Å². The first-order chi connectivity index (χ1) is 9.84. The Morgan fingerprint density at radius 3 is 2.90 bits per heavy atom. The summed E-state index contributed by atoms with van der Waals surface area (Å²) in [6.07, 6.45) is 3.21. The van der Waals surface area contributed by atoms with Crippen LogP contribution in [0.25, 0.3) is 0 Å². The Labute approximate surface area is 124 Å². The topological polar surface area (TPSA) is 50.8 Å². The number of nitrogens with one attached hydrogen (secondary N) is 1. The van der Waals surface area contributed by atoms with Gasteiger partial charge in [-0.25, -0.2) is 0 Å². The zero-order chi connectivity index (χ0) is 13.8. The number of thioether (sulfide) groups is 1. The van der Waals surface area contributed by atoms with Crippen LogP contribution in [-0.4, -0.2) is 73.4 Å². The molecule has 0 bridgehead atoms. The van der Waals surface area contributed by atoms with Gasteiger partial charge in [-0.2, -0.15) is 11.8 Å². The van der Waals surface area contributed by atoms with Gasteiger partial charge in [-0.3, -0.25) is 4.79 Å². The van der Waals surface area contributed by atoms with Crippen molar-refractivity contribution in [1.29, 1.82) is 0 Å². The summed E-state index contributed by atoms with van der Waals surface area (Å²) in [5.74, 6) is 2.36. The third kappa shape index (κ3) is 3.47. The van der Waals surface area contributed by atoms with E-state index in [4.69, 9.17) is 9.47 Å². The Bertz CT molecular complexity index is 324. The highest BCUT2D eigenvalue weighted by Gasteiger charge is 2.35. The molecule has 20 heavy (non-hydrogen) atoms. The van der Waals surface area contributed by atoms with Crippen molar-refractivity contribution >= 4 is 17.7 Å². The van der Waals surface area contributed by atoms with Crippen LogP contribution in [0, 0.1) is 0 Å². The van der Waals surface area contributed by atoms with E-state index in [1.807, 2.05) is 16.7 Å². The third-order valence-corrected chi connectivity index (χ3v) is 5.40. The van der Waals surface area contributed by atoms with E-state index in [9.17, 15) is 4.79 Å². The Morgan fingerprint density at radius 2 is 2.25 bits per heavy atom. The Morgan fingerprint density at radius 1 is 1.30 bits per heavy atom. The summed E-state index contributed by atoms with van der Waals surface area (Å²) in [4.78, 5) is 14.8. The van der Waals surface area contributed by atoms with E-state index < -0.39 is 0 Å². The molecule has 3 atom stereocenters. The molecule has 0 saturated carbocycles. The van der Waals surface area contributed by atoms with E-state index in [0.717, 1.165) is 50.5 Å². The first-order valence-electron chi connectivity index (χ1n) is 7.67. The summed E-state index contributed by atoms with van der Waals surface area (Å²) >= 11 is 1.94. The lowest BCUT2D eigenvalue weighted by Gasteiger charge is -2.34. The van der Waals surface area contributed by atoms with E-state index in [0.29, 0.717) is 19.2 Å². The Balaban J connectivity index is 1.64. The maximum atomic E-state index is 12.8. The average Bonchev–Trinajstić information content (AvgIpc) is 3.18. The first kappa shape index (κ1) is 14.6. The monoisotopic (exact) mass is 300 g/mol. The quantitative estimate of drug-likeness (QED) is 0.819. The second kappa shape index (κ2) is 7.11. The summed E-state index contributed by atoms with van der Waals surface area (Å²) in [5, 5.41) is 3.25. The van der Waals surface area contributed by atoms with Crippen LogP contribution in [0.4, 0.5) is 0 Å². The number of hydrogen-bond donors (Lipinski definition) is 1. The predicted octanol–water partition coefficient (Wildman–Crippen LogP) is 0.488. The number of rotatable bonds is 4. The number of carbonyl (C=O) groups is 1. The number of morpholine rings is 1. The average molecular weight is 300 g/mol. The Hall–Kier alpha value is -0.300. The van der Waals surface area contributed by atoms with Crippen LogP contribution in [0.5, 0.6) is 0 Å². The SMILES string of the molecule is O=C(C1CNCCO1)N(CC1CCCO1)C1CCSC1. The number of carbonyl (C=O) groups excluding carboxylic acids is 1. The van der Waals surface area contributed by atoms with Crippen LogP contribution in [0.15, 0.2) is 0 Å². The molecule has 5 nitrogen and oxygen atoms in total. The van der Waals surface area contributed by atoms with E-state index >= 15 is 0 Å². The molecule has 3 fully saturated rings. The van der Waals surface area contributed by atoms with Crippen molar-refractivity contribution in [3.05, 3.63) is 0 Å². The van der Waals surface area contributed by atoms with E-state index in [2.05, 4.69) is 5.32 Å². The summed E-state index contributed by atoms with van der Waals surface area (Å²) in [5.41, 5.74) is 0. The molecule has 0 aromatic rings. The van der Waals surface area contributed by atoms with Gasteiger partial charge in [0.25, 0.3) is 5.91 Å². The van der Waals surface area contributed by atoms with Gasteiger partial charge in [0.15, 0.2) is 0 Å². The minimum absolute atomic E-state index is 0.153. The molecule has 0 radical (unpaired) electrons. The second-order valence-corrected chi connectivity index (χ2v) is 6.86. The van der Waals surface area contributed by atoms with Gasteiger partial charge in [-0.15, -0.1) is 0 Å². The van der Waals surface area contributed by atoms with Crippen LogP contribution in [0.1, 0.15) is 19.3 Å². The van der Waals surface area contributed by atoms with Crippen molar-refractivity contribution in [3.8, 4) is 0 Å². The molecule has 3 aliphatic rings. The fourth-order valence-corrected chi connectivity index (χ4v) is 4.33. The van der Waals surface area contributed by atoms with Crippen molar-refractivity contribution in [1.82, 2.24) is 10.2 Å². The van der Waals surface area contributed by atoms with Gasteiger partial charge in [0.1, 0.15) is 6.10 Å². The molecule has 3 saturated heterocycles. The lowest BCUT2D eigenvalue weighted by atomic mass is 10.1. The number of nitrogens with zero attached hydrogens (tertiary/aromatic N) is 1. The molecule has 3 unspecified atom stereocenters. The summed E-state index contributed by atoms with van der Waals surface area (Å²) < 4.78 is 11.4. The molecule has 0 aromatic heterocycles. The van der Waals surface area contributed by atoms with E-state index in [1.165, 1.54) is 0 Å². The standard InChI is InChI=1S/C14H24N2O3S/c17-14(13-8-15-4-6-19-13)16(11-3-7-20-10-11)9-12-2-1-5-18-12/h11-13,15H,1-10H2. The predicted molar refractivity (Wildman–Crippen MR) is 79.0 cm³/mol. The molecule has 1 N–H and O–H groups in total. The van der Waals surface area contributed by atoms with E-state index in [1.54, 1.807) is 0 Å². The molecular formula is C14H24N2O3S. The largest absolute Gasteiger partial charge is 0.376 e. The highest BCUT2D eigenvalue weighted by atomic mass is 32.2. The molecular weight excluding hydrogens is 276 g/mol. The molecule has 0 spiro atoms. The van der Waals surface area contributed by atoms with E-state index in [-0.39, 0.29) is 18.1 Å². The van der Waals surface area contributed by atoms with Crippen molar-refractivity contribution in [2.75, 3.05) is 44.4 Å². The van der Waals surface area contributed by atoms with Crippen molar-refractivity contribution in [2.24, 2.45) is 0 Å². The first-order valence-corrected chi connectivity index (χ1v) is 8.82. The third-order valence-electron chi connectivity index (χ3n) is 4.26. The molecule has 3 rings (SSSR count). The molecule has 3 aliphatic heterocycles. The minimum Gasteiger partial charge on any atom is -0.376 e. The molecule has 0 aromatic carbocycles. The molecule has 3 heterocycles. The Kier molecular flexibility index (Phi) is 5.20. The normalized spacial score (nSPS) is 34.3. The second-order valence-electron chi connectivity index (χ2n) is 5.71. The maximum Gasteiger partial charge on any atom is 0.253 e. The fourth-order valence-electron chi connectivity index (χ4n) is 3.10. The highest BCUT2D eigenvalue weighted by Crippen LogP contribution is 2.25. The van der Waals surface area contributed by atoms with Gasteiger partial charge >= 0.3 is 0 Å².